The number of likely N-dealkylation sites (tertiary alicyclic amines) is 1. The summed E-state index contributed by atoms with van der Waals surface area (Å²) in [5, 5.41) is 8.41. The Balaban J connectivity index is 1.57. The van der Waals surface area contributed by atoms with Gasteiger partial charge in [-0.25, -0.2) is 4.68 Å². The summed E-state index contributed by atoms with van der Waals surface area (Å²) in [6.07, 6.45) is 4.34. The fourth-order valence-electron chi connectivity index (χ4n) is 3.84. The summed E-state index contributed by atoms with van der Waals surface area (Å²) in [5.74, 6) is 0. The second-order valence-electron chi connectivity index (χ2n) is 6.38. The van der Waals surface area contributed by atoms with E-state index in [1.807, 2.05) is 4.68 Å². The van der Waals surface area contributed by atoms with E-state index in [1.54, 1.807) is 0 Å². The second-order valence-corrected chi connectivity index (χ2v) is 6.38. The van der Waals surface area contributed by atoms with Crippen LogP contribution in [0.1, 0.15) is 44.5 Å². The van der Waals surface area contributed by atoms with Gasteiger partial charge in [0.25, 0.3) is 0 Å². The van der Waals surface area contributed by atoms with Crippen molar-refractivity contribution in [2.24, 2.45) is 5.41 Å². The van der Waals surface area contributed by atoms with E-state index in [2.05, 4.69) is 36.0 Å². The lowest BCUT2D eigenvalue weighted by Crippen LogP contribution is -2.44. The third-order valence-electron chi connectivity index (χ3n) is 4.95. The van der Waals surface area contributed by atoms with Crippen LogP contribution in [0.2, 0.25) is 0 Å². The fourth-order valence-corrected chi connectivity index (χ4v) is 3.84. The Morgan fingerprint density at radius 2 is 2.15 bits per heavy atom. The number of ether oxygens (including phenoxy) is 1. The van der Waals surface area contributed by atoms with Crippen LogP contribution in [-0.4, -0.2) is 45.7 Å². The van der Waals surface area contributed by atoms with Crippen LogP contribution >= 0.6 is 0 Å². The monoisotopic (exact) mass is 278 g/mol. The van der Waals surface area contributed by atoms with Crippen LogP contribution in [0.5, 0.6) is 0 Å². The molecule has 0 atom stereocenters. The van der Waals surface area contributed by atoms with Gasteiger partial charge >= 0.3 is 0 Å². The van der Waals surface area contributed by atoms with Crippen molar-refractivity contribution in [3.63, 3.8) is 0 Å². The zero-order valence-corrected chi connectivity index (χ0v) is 12.9. The van der Waals surface area contributed by atoms with Gasteiger partial charge in [0, 0.05) is 26.2 Å². The molecule has 1 aromatic rings. The molecule has 2 heterocycles. The van der Waals surface area contributed by atoms with Gasteiger partial charge in [0.05, 0.1) is 17.5 Å². The molecule has 112 valence electrons. The fraction of sp³-hybridized carbons (Fsp3) is 0.867. The molecule has 2 aliphatic rings. The predicted octanol–water partition coefficient (Wildman–Crippen LogP) is 2.00. The number of nitrogens with zero attached hydrogens (tertiary/aromatic N) is 4. The highest BCUT2D eigenvalue weighted by atomic mass is 16.5. The Hall–Kier alpha value is -0.940. The van der Waals surface area contributed by atoms with Crippen molar-refractivity contribution in [1.82, 2.24) is 19.9 Å². The van der Waals surface area contributed by atoms with Gasteiger partial charge in [-0.05, 0) is 52.0 Å². The van der Waals surface area contributed by atoms with Crippen molar-refractivity contribution in [2.75, 3.05) is 19.7 Å². The van der Waals surface area contributed by atoms with E-state index in [1.165, 1.54) is 38.0 Å². The quantitative estimate of drug-likeness (QED) is 0.826. The van der Waals surface area contributed by atoms with Gasteiger partial charge in [0.1, 0.15) is 0 Å². The Bertz CT molecular complexity index is 464. The Morgan fingerprint density at radius 3 is 2.85 bits per heavy atom. The summed E-state index contributed by atoms with van der Waals surface area (Å²) in [5.41, 5.74) is 2.90. The van der Waals surface area contributed by atoms with Gasteiger partial charge in [0.15, 0.2) is 0 Å². The first kappa shape index (κ1) is 14.0. The normalized spacial score (nSPS) is 30.1. The van der Waals surface area contributed by atoms with Gasteiger partial charge in [-0.15, -0.1) is 5.10 Å². The number of rotatable bonds is 5. The molecule has 20 heavy (non-hydrogen) atoms. The molecule has 1 aliphatic carbocycles. The Labute approximate surface area is 121 Å². The van der Waals surface area contributed by atoms with Crippen molar-refractivity contribution in [3.8, 4) is 0 Å². The molecular formula is C15H26N4O. The summed E-state index contributed by atoms with van der Waals surface area (Å²) >= 11 is 0. The van der Waals surface area contributed by atoms with Gasteiger partial charge in [-0.2, -0.15) is 0 Å². The molecule has 1 aromatic heterocycles. The molecule has 0 radical (unpaired) electrons. The van der Waals surface area contributed by atoms with Crippen LogP contribution in [0.4, 0.5) is 0 Å². The molecule has 1 spiro atoms. The first-order chi connectivity index (χ1) is 9.65. The van der Waals surface area contributed by atoms with Crippen molar-refractivity contribution in [1.29, 1.82) is 0 Å². The standard InChI is InChI=1S/C15H26N4O/c1-4-19-14(12(3)16-17-19)10-18-7-6-15(11-18)8-13(9-15)20-5-2/h13H,4-11H2,1-3H3. The first-order valence-electron chi connectivity index (χ1n) is 7.88. The van der Waals surface area contributed by atoms with Crippen LogP contribution < -0.4 is 0 Å². The van der Waals surface area contributed by atoms with E-state index in [0.717, 1.165) is 25.4 Å². The summed E-state index contributed by atoms with van der Waals surface area (Å²) in [6, 6.07) is 0. The van der Waals surface area contributed by atoms with Crippen LogP contribution in [0, 0.1) is 12.3 Å². The topological polar surface area (TPSA) is 43.2 Å². The molecule has 0 aromatic carbocycles. The molecular weight excluding hydrogens is 252 g/mol. The SMILES string of the molecule is CCOC1CC2(CCN(Cc3c(C)nnn3CC)C2)C1. The molecule has 1 saturated heterocycles. The maximum atomic E-state index is 5.72. The van der Waals surface area contributed by atoms with Crippen molar-refractivity contribution < 1.29 is 4.74 Å². The van der Waals surface area contributed by atoms with Gasteiger partial charge < -0.3 is 4.74 Å². The largest absolute Gasteiger partial charge is 0.378 e. The molecule has 0 unspecified atom stereocenters. The molecule has 2 fully saturated rings. The van der Waals surface area contributed by atoms with E-state index in [9.17, 15) is 0 Å². The van der Waals surface area contributed by atoms with E-state index < -0.39 is 0 Å². The van der Waals surface area contributed by atoms with Crippen molar-refractivity contribution >= 4 is 0 Å². The lowest BCUT2D eigenvalue weighted by molar-refractivity contribution is -0.0719. The summed E-state index contributed by atoms with van der Waals surface area (Å²) in [7, 11) is 0. The lowest BCUT2D eigenvalue weighted by Gasteiger charge is -2.44. The average molecular weight is 278 g/mol. The Kier molecular flexibility index (Phi) is 3.82. The van der Waals surface area contributed by atoms with Gasteiger partial charge in [-0.1, -0.05) is 5.21 Å². The van der Waals surface area contributed by atoms with Crippen molar-refractivity contribution in [3.05, 3.63) is 11.4 Å². The molecule has 1 aliphatic heterocycles. The molecule has 0 bridgehead atoms. The highest BCUT2D eigenvalue weighted by molar-refractivity contribution is 5.09. The maximum Gasteiger partial charge on any atom is 0.0841 e. The summed E-state index contributed by atoms with van der Waals surface area (Å²) in [4.78, 5) is 2.57. The predicted molar refractivity (Wildman–Crippen MR) is 77.4 cm³/mol. The summed E-state index contributed by atoms with van der Waals surface area (Å²) in [6.45, 7) is 11.4. The lowest BCUT2D eigenvalue weighted by atomic mass is 9.66. The number of aryl methyl sites for hydroxylation is 2. The van der Waals surface area contributed by atoms with E-state index >= 15 is 0 Å². The van der Waals surface area contributed by atoms with E-state index in [-0.39, 0.29) is 0 Å². The second kappa shape index (κ2) is 5.45. The van der Waals surface area contributed by atoms with Crippen LogP contribution in [0.3, 0.4) is 0 Å². The number of aromatic nitrogens is 3. The minimum Gasteiger partial charge on any atom is -0.378 e. The average Bonchev–Trinajstić information content (AvgIpc) is 2.96. The zero-order valence-electron chi connectivity index (χ0n) is 12.9. The van der Waals surface area contributed by atoms with Crippen LogP contribution in [0.25, 0.3) is 0 Å². The molecule has 1 saturated carbocycles. The van der Waals surface area contributed by atoms with Gasteiger partial charge in [0.2, 0.25) is 0 Å². The highest BCUT2D eigenvalue weighted by Crippen LogP contribution is 2.49. The van der Waals surface area contributed by atoms with Gasteiger partial charge in [-0.3, -0.25) is 4.90 Å². The smallest absolute Gasteiger partial charge is 0.0841 e. The molecule has 5 heteroatoms. The number of hydrogen-bond acceptors (Lipinski definition) is 4. The highest BCUT2D eigenvalue weighted by Gasteiger charge is 2.48. The molecule has 5 nitrogen and oxygen atoms in total. The maximum absolute atomic E-state index is 5.72. The molecule has 0 N–H and O–H groups in total. The van der Waals surface area contributed by atoms with Crippen LogP contribution in [0.15, 0.2) is 0 Å². The molecule has 3 rings (SSSR count). The van der Waals surface area contributed by atoms with E-state index in [4.69, 9.17) is 4.74 Å². The first-order valence-corrected chi connectivity index (χ1v) is 7.88. The zero-order chi connectivity index (χ0) is 14.2. The van der Waals surface area contributed by atoms with Crippen LogP contribution in [-0.2, 0) is 17.8 Å². The molecule has 0 amide bonds. The Morgan fingerprint density at radius 1 is 1.35 bits per heavy atom. The number of hydrogen-bond donors (Lipinski definition) is 0. The third kappa shape index (κ3) is 2.49. The minimum absolute atomic E-state index is 0.518. The summed E-state index contributed by atoms with van der Waals surface area (Å²) < 4.78 is 7.75. The third-order valence-corrected chi connectivity index (χ3v) is 4.95. The van der Waals surface area contributed by atoms with E-state index in [0.29, 0.717) is 11.5 Å². The van der Waals surface area contributed by atoms with Crippen molar-refractivity contribution in [2.45, 2.75) is 59.2 Å². The minimum atomic E-state index is 0.518.